The highest BCUT2D eigenvalue weighted by Crippen LogP contribution is 2.24. The second-order valence-electron chi connectivity index (χ2n) is 6.06. The number of hydrogen-bond donors (Lipinski definition) is 0. The third-order valence-electron chi connectivity index (χ3n) is 4.31. The van der Waals surface area contributed by atoms with Crippen LogP contribution in [0.4, 0.5) is 0 Å². The van der Waals surface area contributed by atoms with Gasteiger partial charge in [0.15, 0.2) is 6.61 Å². The van der Waals surface area contributed by atoms with E-state index in [0.29, 0.717) is 23.5 Å². The molecule has 0 spiro atoms. The van der Waals surface area contributed by atoms with Crippen LogP contribution in [0.15, 0.2) is 51.7 Å². The summed E-state index contributed by atoms with van der Waals surface area (Å²) in [7, 11) is 0. The molecule has 5 nitrogen and oxygen atoms in total. The summed E-state index contributed by atoms with van der Waals surface area (Å²) in [5.41, 5.74) is 2.95. The van der Waals surface area contributed by atoms with Crippen molar-refractivity contribution in [2.45, 2.75) is 27.2 Å². The number of esters is 1. The van der Waals surface area contributed by atoms with E-state index < -0.39 is 11.6 Å². The van der Waals surface area contributed by atoms with Crippen LogP contribution in [-0.2, 0) is 11.2 Å². The van der Waals surface area contributed by atoms with Gasteiger partial charge in [0.25, 0.3) is 0 Å². The third-order valence-corrected chi connectivity index (χ3v) is 4.31. The molecule has 0 N–H and O–H groups in total. The minimum absolute atomic E-state index is 0.207. The zero-order valence-electron chi connectivity index (χ0n) is 15.0. The van der Waals surface area contributed by atoms with Gasteiger partial charge in [0.2, 0.25) is 0 Å². The van der Waals surface area contributed by atoms with Gasteiger partial charge in [0.05, 0.1) is 0 Å². The largest absolute Gasteiger partial charge is 0.482 e. The van der Waals surface area contributed by atoms with Crippen molar-refractivity contribution in [3.05, 3.63) is 69.6 Å². The molecule has 3 rings (SSSR count). The molecular formula is C21H20O5. The maximum atomic E-state index is 12.1. The second kappa shape index (κ2) is 7.44. The molecule has 0 aliphatic carbocycles. The Hall–Kier alpha value is -3.08. The lowest BCUT2D eigenvalue weighted by Gasteiger charge is -2.11. The van der Waals surface area contributed by atoms with Crippen molar-refractivity contribution < 1.29 is 18.7 Å². The second-order valence-corrected chi connectivity index (χ2v) is 6.06. The number of carbonyl (C=O) groups excluding carboxylic acids is 1. The molecule has 0 radical (unpaired) electrons. The highest BCUT2D eigenvalue weighted by molar-refractivity contribution is 5.83. The van der Waals surface area contributed by atoms with Crippen molar-refractivity contribution in [1.82, 2.24) is 0 Å². The number of aryl methyl sites for hydroxylation is 2. The monoisotopic (exact) mass is 352 g/mol. The Labute approximate surface area is 151 Å². The van der Waals surface area contributed by atoms with E-state index in [-0.39, 0.29) is 6.61 Å². The molecule has 0 fully saturated rings. The topological polar surface area (TPSA) is 65.7 Å². The number of carbonyl (C=O) groups is 1. The Morgan fingerprint density at radius 3 is 2.69 bits per heavy atom. The first-order valence-corrected chi connectivity index (χ1v) is 8.44. The summed E-state index contributed by atoms with van der Waals surface area (Å²) in [6.07, 6.45) is 0.713. The van der Waals surface area contributed by atoms with Crippen molar-refractivity contribution in [3.8, 4) is 11.5 Å². The van der Waals surface area contributed by atoms with Gasteiger partial charge in [0.1, 0.15) is 17.1 Å². The average Bonchev–Trinajstić information content (AvgIpc) is 2.62. The Morgan fingerprint density at radius 2 is 1.92 bits per heavy atom. The van der Waals surface area contributed by atoms with E-state index in [0.717, 1.165) is 22.1 Å². The first-order valence-electron chi connectivity index (χ1n) is 8.44. The summed E-state index contributed by atoms with van der Waals surface area (Å²) in [5.74, 6) is 0.432. The Balaban J connectivity index is 1.73. The van der Waals surface area contributed by atoms with Crippen LogP contribution in [0.25, 0.3) is 11.0 Å². The summed E-state index contributed by atoms with van der Waals surface area (Å²) in [5, 5.41) is 0.832. The Kier molecular flexibility index (Phi) is 5.07. The summed E-state index contributed by atoms with van der Waals surface area (Å²) in [6, 6.07) is 12.2. The van der Waals surface area contributed by atoms with Crippen LogP contribution >= 0.6 is 0 Å². The Bertz CT molecular complexity index is 1020. The molecule has 5 heteroatoms. The fourth-order valence-electron chi connectivity index (χ4n) is 2.74. The van der Waals surface area contributed by atoms with Crippen molar-refractivity contribution in [3.63, 3.8) is 0 Å². The SMILES string of the molecule is CCc1cc(=O)oc2cc(OC(=O)COc3cccc(C)c3C)ccc12. The van der Waals surface area contributed by atoms with Gasteiger partial charge in [0, 0.05) is 17.5 Å². The van der Waals surface area contributed by atoms with Gasteiger partial charge < -0.3 is 13.9 Å². The van der Waals surface area contributed by atoms with Crippen LogP contribution in [0, 0.1) is 13.8 Å². The van der Waals surface area contributed by atoms with E-state index >= 15 is 0 Å². The highest BCUT2D eigenvalue weighted by atomic mass is 16.6. The quantitative estimate of drug-likeness (QED) is 0.395. The zero-order valence-corrected chi connectivity index (χ0v) is 15.0. The lowest BCUT2D eigenvalue weighted by molar-refractivity contribution is -0.136. The van der Waals surface area contributed by atoms with E-state index in [1.165, 1.54) is 6.07 Å². The first kappa shape index (κ1) is 17.7. The lowest BCUT2D eigenvalue weighted by Crippen LogP contribution is -2.18. The third kappa shape index (κ3) is 3.77. The highest BCUT2D eigenvalue weighted by Gasteiger charge is 2.11. The predicted octanol–water partition coefficient (Wildman–Crippen LogP) is 3.96. The molecule has 0 saturated carbocycles. The molecule has 1 aromatic heterocycles. The average molecular weight is 352 g/mol. The van der Waals surface area contributed by atoms with Crippen molar-refractivity contribution in [2.75, 3.05) is 6.61 Å². The van der Waals surface area contributed by atoms with Crippen molar-refractivity contribution in [2.24, 2.45) is 0 Å². The molecular weight excluding hydrogens is 332 g/mol. The van der Waals surface area contributed by atoms with Gasteiger partial charge >= 0.3 is 11.6 Å². The number of rotatable bonds is 5. The van der Waals surface area contributed by atoms with Crippen LogP contribution in [0.1, 0.15) is 23.6 Å². The molecule has 26 heavy (non-hydrogen) atoms. The van der Waals surface area contributed by atoms with Gasteiger partial charge in [-0.3, -0.25) is 0 Å². The fraction of sp³-hybridized carbons (Fsp3) is 0.238. The minimum atomic E-state index is -0.528. The van der Waals surface area contributed by atoms with Crippen LogP contribution in [0.5, 0.6) is 11.5 Å². The Morgan fingerprint density at radius 1 is 1.12 bits per heavy atom. The standard InChI is InChI=1S/C21H20O5/c1-4-15-10-20(22)26-19-11-16(8-9-17(15)19)25-21(23)12-24-18-7-5-6-13(2)14(18)3/h5-11H,4,12H2,1-3H3. The van der Waals surface area contributed by atoms with Gasteiger partial charge in [-0.25, -0.2) is 9.59 Å². The molecule has 2 aromatic carbocycles. The number of ether oxygens (including phenoxy) is 2. The van der Waals surface area contributed by atoms with Gasteiger partial charge in [-0.2, -0.15) is 0 Å². The molecule has 0 saturated heterocycles. The number of fused-ring (bicyclic) bond motifs is 1. The van der Waals surface area contributed by atoms with Gasteiger partial charge in [-0.05, 0) is 55.2 Å². The van der Waals surface area contributed by atoms with Crippen LogP contribution in [-0.4, -0.2) is 12.6 Å². The molecule has 134 valence electrons. The predicted molar refractivity (Wildman–Crippen MR) is 98.9 cm³/mol. The lowest BCUT2D eigenvalue weighted by atomic mass is 10.1. The number of hydrogen-bond acceptors (Lipinski definition) is 5. The molecule has 0 bridgehead atoms. The van der Waals surface area contributed by atoms with E-state index in [2.05, 4.69) is 0 Å². The molecule has 0 aliphatic rings. The molecule has 0 amide bonds. The van der Waals surface area contributed by atoms with Crippen LogP contribution in [0.2, 0.25) is 0 Å². The maximum Gasteiger partial charge on any atom is 0.349 e. The summed E-state index contributed by atoms with van der Waals surface area (Å²) in [4.78, 5) is 23.7. The number of benzene rings is 2. The molecule has 0 aliphatic heterocycles. The molecule has 1 heterocycles. The summed E-state index contributed by atoms with van der Waals surface area (Å²) >= 11 is 0. The van der Waals surface area contributed by atoms with Crippen molar-refractivity contribution in [1.29, 1.82) is 0 Å². The van der Waals surface area contributed by atoms with Gasteiger partial charge in [-0.1, -0.05) is 19.1 Å². The van der Waals surface area contributed by atoms with E-state index in [4.69, 9.17) is 13.9 Å². The molecule has 3 aromatic rings. The fourth-order valence-corrected chi connectivity index (χ4v) is 2.74. The maximum absolute atomic E-state index is 12.1. The molecule has 0 atom stereocenters. The summed E-state index contributed by atoms with van der Waals surface area (Å²) < 4.78 is 16.1. The van der Waals surface area contributed by atoms with E-state index in [9.17, 15) is 9.59 Å². The normalized spacial score (nSPS) is 10.7. The van der Waals surface area contributed by atoms with E-state index in [1.54, 1.807) is 18.2 Å². The van der Waals surface area contributed by atoms with Gasteiger partial charge in [-0.15, -0.1) is 0 Å². The first-order chi connectivity index (χ1) is 12.5. The minimum Gasteiger partial charge on any atom is -0.482 e. The zero-order chi connectivity index (χ0) is 18.7. The van der Waals surface area contributed by atoms with E-state index in [1.807, 2.05) is 39.0 Å². The van der Waals surface area contributed by atoms with Crippen LogP contribution < -0.4 is 15.1 Å². The summed E-state index contributed by atoms with van der Waals surface area (Å²) in [6.45, 7) is 5.68. The molecule has 0 unspecified atom stereocenters. The van der Waals surface area contributed by atoms with Crippen molar-refractivity contribution >= 4 is 16.9 Å². The van der Waals surface area contributed by atoms with Crippen LogP contribution in [0.3, 0.4) is 0 Å². The smallest absolute Gasteiger partial charge is 0.349 e.